The first-order chi connectivity index (χ1) is 11.7. The number of H-pyrrole nitrogens is 1. The minimum atomic E-state index is -0.368. The van der Waals surface area contributed by atoms with E-state index in [2.05, 4.69) is 15.0 Å². The highest BCUT2D eigenvalue weighted by molar-refractivity contribution is 5.74. The molecule has 1 aliphatic rings. The second kappa shape index (κ2) is 5.92. The molecular formula is C17H17N5O2. The molecule has 122 valence electrons. The summed E-state index contributed by atoms with van der Waals surface area (Å²) in [4.78, 5) is 25.2. The van der Waals surface area contributed by atoms with Gasteiger partial charge >= 0.3 is 5.69 Å². The van der Waals surface area contributed by atoms with Gasteiger partial charge in [-0.1, -0.05) is 12.1 Å². The zero-order valence-corrected chi connectivity index (χ0v) is 13.1. The number of benzene rings is 1. The highest BCUT2D eigenvalue weighted by atomic mass is 16.6. The molecule has 0 amide bonds. The van der Waals surface area contributed by atoms with E-state index in [1.54, 1.807) is 12.3 Å². The molecule has 1 N–H and O–H groups in total. The Balaban J connectivity index is 1.63. The van der Waals surface area contributed by atoms with Crippen LogP contribution in [0.25, 0.3) is 11.0 Å². The maximum Gasteiger partial charge on any atom is 0.311 e. The molecule has 4 rings (SSSR count). The van der Waals surface area contributed by atoms with Gasteiger partial charge in [-0.25, -0.2) is 9.97 Å². The number of anilines is 1. The van der Waals surface area contributed by atoms with Gasteiger partial charge in [-0.05, 0) is 31.0 Å². The van der Waals surface area contributed by atoms with E-state index < -0.39 is 0 Å². The van der Waals surface area contributed by atoms with Crippen LogP contribution in [-0.2, 0) is 0 Å². The van der Waals surface area contributed by atoms with Crippen molar-refractivity contribution in [3.63, 3.8) is 0 Å². The molecule has 3 aromatic rings. The Kier molecular flexibility index (Phi) is 3.60. The van der Waals surface area contributed by atoms with E-state index in [-0.39, 0.29) is 16.5 Å². The van der Waals surface area contributed by atoms with E-state index in [0.29, 0.717) is 12.4 Å². The number of para-hydroxylation sites is 2. The van der Waals surface area contributed by atoms with Crippen molar-refractivity contribution in [1.29, 1.82) is 0 Å². The molecule has 24 heavy (non-hydrogen) atoms. The third-order valence-corrected chi connectivity index (χ3v) is 4.48. The molecule has 0 saturated carbocycles. The Labute approximate surface area is 138 Å². The fourth-order valence-corrected chi connectivity index (χ4v) is 3.33. The normalized spacial score (nSPS) is 18.0. The van der Waals surface area contributed by atoms with Gasteiger partial charge in [0.2, 0.25) is 5.82 Å². The van der Waals surface area contributed by atoms with Crippen LogP contribution in [0.4, 0.5) is 11.5 Å². The van der Waals surface area contributed by atoms with Crippen LogP contribution >= 0.6 is 0 Å². The summed E-state index contributed by atoms with van der Waals surface area (Å²) in [6.45, 7) is 1.45. The fourth-order valence-electron chi connectivity index (χ4n) is 3.33. The van der Waals surface area contributed by atoms with Crippen LogP contribution in [0.3, 0.4) is 0 Å². The van der Waals surface area contributed by atoms with E-state index in [9.17, 15) is 10.1 Å². The Bertz CT molecular complexity index is 858. The summed E-state index contributed by atoms with van der Waals surface area (Å²) >= 11 is 0. The number of hydrogen-bond acceptors (Lipinski definition) is 5. The van der Waals surface area contributed by atoms with Gasteiger partial charge < -0.3 is 9.88 Å². The standard InChI is InChI=1S/C17H17N5O2/c23-22(24)15-8-3-9-18-17(15)21-10-4-5-12(11-21)16-19-13-6-1-2-7-14(13)20-16/h1-3,6-9,12H,4-5,10-11H2,(H,19,20)/t12-/m1/s1. The molecule has 0 unspecified atom stereocenters. The molecule has 0 bridgehead atoms. The number of fused-ring (bicyclic) bond motifs is 1. The first-order valence-electron chi connectivity index (χ1n) is 8.01. The quantitative estimate of drug-likeness (QED) is 0.590. The van der Waals surface area contributed by atoms with Crippen LogP contribution in [0.2, 0.25) is 0 Å². The SMILES string of the molecule is O=[N+]([O-])c1cccnc1N1CCC[C@@H](c2nc3ccccc3[nH]2)C1. The Morgan fingerprint density at radius 1 is 1.25 bits per heavy atom. The number of piperidine rings is 1. The van der Waals surface area contributed by atoms with Crippen LogP contribution in [0, 0.1) is 10.1 Å². The van der Waals surface area contributed by atoms with Gasteiger partial charge in [-0.15, -0.1) is 0 Å². The van der Waals surface area contributed by atoms with E-state index >= 15 is 0 Å². The average Bonchev–Trinajstić information content (AvgIpc) is 3.06. The highest BCUT2D eigenvalue weighted by Crippen LogP contribution is 2.32. The monoisotopic (exact) mass is 323 g/mol. The van der Waals surface area contributed by atoms with Crippen molar-refractivity contribution in [3.8, 4) is 0 Å². The lowest BCUT2D eigenvalue weighted by atomic mass is 9.97. The maximum atomic E-state index is 11.3. The predicted molar refractivity (Wildman–Crippen MR) is 91.2 cm³/mol. The molecule has 1 atom stereocenters. The summed E-state index contributed by atoms with van der Waals surface area (Å²) in [5.41, 5.74) is 2.03. The van der Waals surface area contributed by atoms with E-state index in [0.717, 1.165) is 36.2 Å². The Morgan fingerprint density at radius 2 is 2.12 bits per heavy atom. The zero-order chi connectivity index (χ0) is 16.5. The minimum absolute atomic E-state index is 0.0581. The number of rotatable bonds is 3. The van der Waals surface area contributed by atoms with Gasteiger partial charge in [0.1, 0.15) is 5.82 Å². The average molecular weight is 323 g/mol. The van der Waals surface area contributed by atoms with Crippen LogP contribution in [0.15, 0.2) is 42.6 Å². The molecule has 1 fully saturated rings. The first-order valence-corrected chi connectivity index (χ1v) is 8.01. The van der Waals surface area contributed by atoms with Crippen molar-refractivity contribution in [3.05, 3.63) is 58.5 Å². The van der Waals surface area contributed by atoms with Crippen LogP contribution in [0.5, 0.6) is 0 Å². The lowest BCUT2D eigenvalue weighted by Crippen LogP contribution is -2.35. The van der Waals surface area contributed by atoms with Crippen molar-refractivity contribution in [2.45, 2.75) is 18.8 Å². The predicted octanol–water partition coefficient (Wildman–Crippen LogP) is 3.25. The summed E-state index contributed by atoms with van der Waals surface area (Å²) < 4.78 is 0. The van der Waals surface area contributed by atoms with Crippen LogP contribution < -0.4 is 4.90 Å². The molecule has 3 heterocycles. The number of hydrogen-bond donors (Lipinski definition) is 1. The first kappa shape index (κ1) is 14.6. The van der Waals surface area contributed by atoms with E-state index in [4.69, 9.17) is 0 Å². The number of nitrogens with one attached hydrogen (secondary N) is 1. The van der Waals surface area contributed by atoms with Crippen molar-refractivity contribution < 1.29 is 4.92 Å². The smallest absolute Gasteiger partial charge is 0.311 e. The van der Waals surface area contributed by atoms with Gasteiger partial charge in [0, 0.05) is 31.3 Å². The Morgan fingerprint density at radius 3 is 2.96 bits per heavy atom. The Hall–Kier alpha value is -2.96. The third kappa shape index (κ3) is 2.58. The van der Waals surface area contributed by atoms with Gasteiger partial charge in [0.15, 0.2) is 0 Å². The van der Waals surface area contributed by atoms with E-state index in [1.165, 1.54) is 6.07 Å². The number of nitrogens with zero attached hydrogens (tertiary/aromatic N) is 4. The van der Waals surface area contributed by atoms with Crippen LogP contribution in [-0.4, -0.2) is 33.0 Å². The fraction of sp³-hybridized carbons (Fsp3) is 0.294. The summed E-state index contributed by atoms with van der Waals surface area (Å²) in [7, 11) is 0. The molecule has 0 spiro atoms. The lowest BCUT2D eigenvalue weighted by molar-refractivity contribution is -0.384. The second-order valence-electron chi connectivity index (χ2n) is 6.03. The van der Waals surface area contributed by atoms with Gasteiger partial charge in [-0.2, -0.15) is 0 Å². The van der Waals surface area contributed by atoms with E-state index in [1.807, 2.05) is 29.2 Å². The third-order valence-electron chi connectivity index (χ3n) is 4.48. The molecule has 0 aliphatic carbocycles. The number of pyridine rings is 1. The lowest BCUT2D eigenvalue weighted by Gasteiger charge is -2.32. The number of imidazole rings is 1. The van der Waals surface area contributed by atoms with Gasteiger partial charge in [0.25, 0.3) is 0 Å². The molecule has 7 heteroatoms. The topological polar surface area (TPSA) is 87.9 Å². The van der Waals surface area contributed by atoms with Crippen molar-refractivity contribution in [2.75, 3.05) is 18.0 Å². The maximum absolute atomic E-state index is 11.3. The molecule has 2 aromatic heterocycles. The number of aromatic amines is 1. The van der Waals surface area contributed by atoms with Crippen LogP contribution in [0.1, 0.15) is 24.6 Å². The van der Waals surface area contributed by atoms with Crippen molar-refractivity contribution >= 4 is 22.5 Å². The zero-order valence-electron chi connectivity index (χ0n) is 13.1. The minimum Gasteiger partial charge on any atom is -0.350 e. The number of nitro groups is 1. The largest absolute Gasteiger partial charge is 0.350 e. The summed E-state index contributed by atoms with van der Waals surface area (Å²) in [5.74, 6) is 1.61. The summed E-state index contributed by atoms with van der Waals surface area (Å²) in [6.07, 6.45) is 3.57. The molecular weight excluding hydrogens is 306 g/mol. The number of aromatic nitrogens is 3. The molecule has 1 aliphatic heterocycles. The summed E-state index contributed by atoms with van der Waals surface area (Å²) in [6, 6.07) is 11.1. The van der Waals surface area contributed by atoms with Crippen molar-refractivity contribution in [2.24, 2.45) is 0 Å². The molecule has 1 saturated heterocycles. The molecule has 7 nitrogen and oxygen atoms in total. The van der Waals surface area contributed by atoms with Crippen molar-refractivity contribution in [1.82, 2.24) is 15.0 Å². The van der Waals surface area contributed by atoms with Gasteiger partial charge in [-0.3, -0.25) is 10.1 Å². The summed E-state index contributed by atoms with van der Waals surface area (Å²) in [5, 5.41) is 11.3. The molecule has 0 radical (unpaired) electrons. The molecule has 1 aromatic carbocycles. The second-order valence-corrected chi connectivity index (χ2v) is 6.03. The van der Waals surface area contributed by atoms with Gasteiger partial charge in [0.05, 0.1) is 16.0 Å². The highest BCUT2D eigenvalue weighted by Gasteiger charge is 2.28.